The minimum atomic E-state index is 0.113. The maximum atomic E-state index is 12.5. The van der Waals surface area contributed by atoms with Gasteiger partial charge in [-0.05, 0) is 24.3 Å². The fourth-order valence-corrected chi connectivity index (χ4v) is 2.59. The van der Waals surface area contributed by atoms with Crippen LogP contribution in [0.4, 0.5) is 0 Å². The first kappa shape index (κ1) is 16.3. The Kier molecular flexibility index (Phi) is 5.75. The molecule has 0 aliphatic heterocycles. The van der Waals surface area contributed by atoms with Crippen LogP contribution in [0.1, 0.15) is 44.0 Å². The Balaban J connectivity index is 2.11. The average molecular weight is 299 g/mol. The number of nitrogens with one attached hydrogen (secondary N) is 1. The summed E-state index contributed by atoms with van der Waals surface area (Å²) in [5.41, 5.74) is 2.05. The Hall–Kier alpha value is -2.10. The summed E-state index contributed by atoms with van der Waals surface area (Å²) in [5.74, 6) is 0.740. The second-order valence-corrected chi connectivity index (χ2v) is 6.16. The van der Waals surface area contributed by atoms with Gasteiger partial charge in [-0.25, -0.2) is 4.98 Å². The van der Waals surface area contributed by atoms with Gasteiger partial charge in [-0.2, -0.15) is 0 Å². The van der Waals surface area contributed by atoms with Gasteiger partial charge >= 0.3 is 0 Å². The number of imidazole rings is 1. The second-order valence-electron chi connectivity index (χ2n) is 6.16. The first-order valence-electron chi connectivity index (χ1n) is 7.85. The number of aromatic amines is 1. The van der Waals surface area contributed by atoms with E-state index < -0.39 is 0 Å². The van der Waals surface area contributed by atoms with Crippen molar-refractivity contribution in [2.24, 2.45) is 5.92 Å². The van der Waals surface area contributed by atoms with Crippen molar-refractivity contribution in [2.75, 3.05) is 7.05 Å². The quantitative estimate of drug-likeness (QED) is 0.849. The summed E-state index contributed by atoms with van der Waals surface area (Å²) in [4.78, 5) is 21.4. The average Bonchev–Trinajstić information content (AvgIpc) is 3.01. The van der Waals surface area contributed by atoms with Gasteiger partial charge in [-0.3, -0.25) is 4.79 Å². The predicted molar refractivity (Wildman–Crippen MR) is 88.3 cm³/mol. The third-order valence-electron chi connectivity index (χ3n) is 3.96. The summed E-state index contributed by atoms with van der Waals surface area (Å²) in [6.45, 7) is 4.43. The summed E-state index contributed by atoms with van der Waals surface area (Å²) < 4.78 is 0. The molecule has 1 atom stereocenters. The molecule has 1 heterocycles. The van der Waals surface area contributed by atoms with Crippen LogP contribution in [-0.2, 0) is 11.2 Å². The van der Waals surface area contributed by atoms with Gasteiger partial charge in [0.05, 0.1) is 18.8 Å². The fourth-order valence-electron chi connectivity index (χ4n) is 2.59. The molecule has 0 saturated carbocycles. The van der Waals surface area contributed by atoms with E-state index in [1.807, 2.05) is 30.1 Å². The number of benzene rings is 1. The largest absolute Gasteiger partial charge is 0.348 e. The molecule has 1 aromatic carbocycles. The van der Waals surface area contributed by atoms with Crippen molar-refractivity contribution in [1.29, 1.82) is 0 Å². The van der Waals surface area contributed by atoms with Gasteiger partial charge in [-0.15, -0.1) is 0 Å². The molecule has 0 fully saturated rings. The molecule has 0 radical (unpaired) electrons. The minimum absolute atomic E-state index is 0.113. The molecule has 1 amide bonds. The minimum Gasteiger partial charge on any atom is -0.348 e. The predicted octanol–water partition coefficient (Wildman–Crippen LogP) is 3.59. The van der Waals surface area contributed by atoms with Crippen molar-refractivity contribution in [3.8, 4) is 0 Å². The van der Waals surface area contributed by atoms with Gasteiger partial charge < -0.3 is 9.88 Å². The van der Waals surface area contributed by atoms with E-state index in [1.165, 1.54) is 5.56 Å². The summed E-state index contributed by atoms with van der Waals surface area (Å²) in [5, 5.41) is 0. The SMILES string of the molecule is CC(C)CC[C@@H](c1ccccc1)N(C)C(=O)Cc1cnc[nH]1. The fraction of sp³-hybridized carbons (Fsp3) is 0.444. The molecular formula is C18H25N3O. The van der Waals surface area contributed by atoms with Crippen LogP contribution in [0.5, 0.6) is 0 Å². The van der Waals surface area contributed by atoms with Crippen LogP contribution in [0.3, 0.4) is 0 Å². The first-order chi connectivity index (χ1) is 10.6. The number of rotatable bonds is 7. The standard InChI is InChI=1S/C18H25N3O/c1-14(2)9-10-17(15-7-5-4-6-8-15)21(3)18(22)11-16-12-19-13-20-16/h4-8,12-14,17H,9-11H2,1-3H3,(H,19,20)/t17-/m0/s1. The molecule has 2 rings (SSSR count). The van der Waals surface area contributed by atoms with Crippen molar-refractivity contribution in [2.45, 2.75) is 39.2 Å². The molecule has 0 aliphatic rings. The van der Waals surface area contributed by atoms with Gasteiger partial charge in [0, 0.05) is 18.9 Å². The van der Waals surface area contributed by atoms with Crippen LogP contribution in [-0.4, -0.2) is 27.8 Å². The molecule has 22 heavy (non-hydrogen) atoms. The highest BCUT2D eigenvalue weighted by Gasteiger charge is 2.22. The topological polar surface area (TPSA) is 49.0 Å². The van der Waals surface area contributed by atoms with Gasteiger partial charge in [0.1, 0.15) is 0 Å². The van der Waals surface area contributed by atoms with E-state index in [1.54, 1.807) is 12.5 Å². The molecule has 4 heteroatoms. The number of hydrogen-bond acceptors (Lipinski definition) is 2. The van der Waals surface area contributed by atoms with Crippen molar-refractivity contribution in [3.05, 3.63) is 54.1 Å². The lowest BCUT2D eigenvalue weighted by Gasteiger charge is -2.29. The van der Waals surface area contributed by atoms with E-state index in [0.29, 0.717) is 12.3 Å². The Morgan fingerprint density at radius 2 is 1.95 bits per heavy atom. The Morgan fingerprint density at radius 1 is 1.23 bits per heavy atom. The molecule has 1 aromatic heterocycles. The van der Waals surface area contributed by atoms with Crippen LogP contribution >= 0.6 is 0 Å². The summed E-state index contributed by atoms with van der Waals surface area (Å²) in [6.07, 6.45) is 5.75. The Bertz CT molecular complexity index is 563. The van der Waals surface area contributed by atoms with Gasteiger partial charge in [0.15, 0.2) is 0 Å². The molecular weight excluding hydrogens is 274 g/mol. The zero-order valence-corrected chi connectivity index (χ0v) is 13.6. The normalized spacial score (nSPS) is 12.4. The number of nitrogens with zero attached hydrogens (tertiary/aromatic N) is 2. The highest BCUT2D eigenvalue weighted by atomic mass is 16.2. The maximum Gasteiger partial charge on any atom is 0.228 e. The molecule has 0 spiro atoms. The number of aromatic nitrogens is 2. The summed E-state index contributed by atoms with van der Waals surface area (Å²) in [7, 11) is 1.90. The lowest BCUT2D eigenvalue weighted by Crippen LogP contribution is -2.32. The van der Waals surface area contributed by atoms with E-state index in [4.69, 9.17) is 0 Å². The smallest absolute Gasteiger partial charge is 0.228 e. The van der Waals surface area contributed by atoms with Crippen molar-refractivity contribution >= 4 is 5.91 Å². The van der Waals surface area contributed by atoms with E-state index >= 15 is 0 Å². The van der Waals surface area contributed by atoms with E-state index in [-0.39, 0.29) is 11.9 Å². The van der Waals surface area contributed by atoms with Crippen LogP contribution in [0.2, 0.25) is 0 Å². The molecule has 0 bridgehead atoms. The highest BCUT2D eigenvalue weighted by molar-refractivity contribution is 5.78. The number of carbonyl (C=O) groups is 1. The van der Waals surface area contributed by atoms with Crippen LogP contribution in [0.25, 0.3) is 0 Å². The molecule has 0 unspecified atom stereocenters. The van der Waals surface area contributed by atoms with E-state index in [9.17, 15) is 4.79 Å². The van der Waals surface area contributed by atoms with E-state index in [2.05, 4.69) is 35.9 Å². The number of hydrogen-bond donors (Lipinski definition) is 1. The number of likely N-dealkylation sites (N-methyl/N-ethyl adjacent to an activating group) is 1. The highest BCUT2D eigenvalue weighted by Crippen LogP contribution is 2.26. The lowest BCUT2D eigenvalue weighted by atomic mass is 9.96. The van der Waals surface area contributed by atoms with Crippen molar-refractivity contribution in [1.82, 2.24) is 14.9 Å². The Morgan fingerprint density at radius 3 is 2.55 bits per heavy atom. The van der Waals surface area contributed by atoms with Crippen LogP contribution < -0.4 is 0 Å². The van der Waals surface area contributed by atoms with Gasteiger partial charge in [-0.1, -0.05) is 44.2 Å². The van der Waals surface area contributed by atoms with Crippen molar-refractivity contribution in [3.63, 3.8) is 0 Å². The monoisotopic (exact) mass is 299 g/mol. The molecule has 1 N–H and O–H groups in total. The second kappa shape index (κ2) is 7.78. The van der Waals surface area contributed by atoms with Gasteiger partial charge in [0.25, 0.3) is 0 Å². The zero-order chi connectivity index (χ0) is 15.9. The third kappa shape index (κ3) is 4.45. The van der Waals surface area contributed by atoms with E-state index in [0.717, 1.165) is 18.5 Å². The zero-order valence-electron chi connectivity index (χ0n) is 13.6. The first-order valence-corrected chi connectivity index (χ1v) is 7.85. The molecule has 0 aliphatic carbocycles. The molecule has 4 nitrogen and oxygen atoms in total. The van der Waals surface area contributed by atoms with Gasteiger partial charge in [0.2, 0.25) is 5.91 Å². The summed E-state index contributed by atoms with van der Waals surface area (Å²) >= 11 is 0. The Labute approximate surface area is 132 Å². The maximum absolute atomic E-state index is 12.5. The number of H-pyrrole nitrogens is 1. The third-order valence-corrected chi connectivity index (χ3v) is 3.96. The summed E-state index contributed by atoms with van der Waals surface area (Å²) in [6, 6.07) is 10.4. The number of carbonyl (C=O) groups excluding carboxylic acids is 1. The lowest BCUT2D eigenvalue weighted by molar-refractivity contribution is -0.131. The number of amides is 1. The molecule has 0 saturated heterocycles. The van der Waals surface area contributed by atoms with Crippen LogP contribution in [0, 0.1) is 5.92 Å². The molecule has 118 valence electrons. The molecule has 2 aromatic rings. The van der Waals surface area contributed by atoms with Crippen LogP contribution in [0.15, 0.2) is 42.9 Å². The van der Waals surface area contributed by atoms with Crippen molar-refractivity contribution < 1.29 is 4.79 Å².